The van der Waals surface area contributed by atoms with Crippen molar-refractivity contribution in [1.82, 2.24) is 0 Å². The molecule has 1 aromatic rings. The summed E-state index contributed by atoms with van der Waals surface area (Å²) in [4.78, 5) is 0. The molecule has 0 aromatic heterocycles. The van der Waals surface area contributed by atoms with Gasteiger partial charge in [0.05, 0.1) is 18.6 Å². The van der Waals surface area contributed by atoms with Gasteiger partial charge >= 0.3 is 0 Å². The molecule has 0 radical (unpaired) electrons. The maximum Gasteiger partial charge on any atom is 0.170 e. The van der Waals surface area contributed by atoms with Crippen LogP contribution in [0.2, 0.25) is 0 Å². The zero-order valence-electron chi connectivity index (χ0n) is 8.78. The lowest BCUT2D eigenvalue weighted by atomic mass is 10.1. The summed E-state index contributed by atoms with van der Waals surface area (Å²) in [5.74, 6) is -0.0225. The van der Waals surface area contributed by atoms with E-state index in [4.69, 9.17) is 21.1 Å². The van der Waals surface area contributed by atoms with Crippen molar-refractivity contribution in [2.24, 2.45) is 0 Å². The second-order valence-electron chi connectivity index (χ2n) is 4.00. The highest BCUT2D eigenvalue weighted by Gasteiger charge is 2.36. The Bertz CT molecular complexity index is 315. The van der Waals surface area contributed by atoms with Gasteiger partial charge in [-0.25, -0.2) is 0 Å². The molecular formula is C12H15ClO2. The molecule has 1 heterocycles. The fraction of sp³-hybridized carbons (Fsp3) is 0.500. The molecule has 1 saturated heterocycles. The Morgan fingerprint density at radius 1 is 1.40 bits per heavy atom. The summed E-state index contributed by atoms with van der Waals surface area (Å²) in [6, 6.07) is 10.2. The van der Waals surface area contributed by atoms with Crippen molar-refractivity contribution < 1.29 is 9.47 Å². The molecule has 0 unspecified atom stereocenters. The first-order valence-corrected chi connectivity index (χ1v) is 5.67. The van der Waals surface area contributed by atoms with Crippen molar-refractivity contribution in [2.45, 2.75) is 25.2 Å². The second kappa shape index (κ2) is 4.52. The maximum absolute atomic E-state index is 5.75. The highest BCUT2D eigenvalue weighted by atomic mass is 35.5. The molecular weight excluding hydrogens is 212 g/mol. The number of hydrogen-bond acceptors (Lipinski definition) is 2. The highest BCUT2D eigenvalue weighted by molar-refractivity contribution is 6.18. The molecule has 0 saturated carbocycles. The molecule has 1 aromatic carbocycles. The molecule has 0 N–H and O–H groups in total. The lowest BCUT2D eigenvalue weighted by Crippen LogP contribution is -2.29. The van der Waals surface area contributed by atoms with Crippen molar-refractivity contribution in [3.05, 3.63) is 35.9 Å². The zero-order chi connectivity index (χ0) is 10.7. The van der Waals surface area contributed by atoms with E-state index in [1.54, 1.807) is 0 Å². The summed E-state index contributed by atoms with van der Waals surface area (Å²) in [5, 5.41) is 0. The van der Waals surface area contributed by atoms with Gasteiger partial charge in [0.25, 0.3) is 0 Å². The van der Waals surface area contributed by atoms with Crippen molar-refractivity contribution in [1.29, 1.82) is 0 Å². The van der Waals surface area contributed by atoms with E-state index in [-0.39, 0.29) is 6.10 Å². The number of halogens is 1. The van der Waals surface area contributed by atoms with Crippen LogP contribution in [0.25, 0.3) is 0 Å². The first kappa shape index (κ1) is 10.9. The standard InChI is InChI=1S/C12H15ClO2/c1-12(14-9-11(8-13)15-12)7-10-5-3-2-4-6-10/h2-6,11H,7-9H2,1H3/t11-,12+/m1/s1. The van der Waals surface area contributed by atoms with Crippen LogP contribution in [0, 0.1) is 0 Å². The molecule has 0 amide bonds. The van der Waals surface area contributed by atoms with Gasteiger partial charge in [0.2, 0.25) is 0 Å². The Kier molecular flexibility index (Phi) is 3.29. The lowest BCUT2D eigenvalue weighted by molar-refractivity contribution is -0.149. The first-order valence-electron chi connectivity index (χ1n) is 5.13. The monoisotopic (exact) mass is 226 g/mol. The average Bonchev–Trinajstić information content (AvgIpc) is 2.61. The van der Waals surface area contributed by atoms with Gasteiger partial charge in [-0.05, 0) is 12.5 Å². The number of alkyl halides is 1. The van der Waals surface area contributed by atoms with E-state index in [1.165, 1.54) is 5.56 Å². The fourth-order valence-electron chi connectivity index (χ4n) is 1.83. The molecule has 0 bridgehead atoms. The normalized spacial score (nSPS) is 30.7. The van der Waals surface area contributed by atoms with E-state index in [0.717, 1.165) is 6.42 Å². The van der Waals surface area contributed by atoms with Crippen LogP contribution in [0.1, 0.15) is 12.5 Å². The van der Waals surface area contributed by atoms with Crippen LogP contribution >= 0.6 is 11.6 Å². The third kappa shape index (κ3) is 2.71. The Balaban J connectivity index is 2.00. The van der Waals surface area contributed by atoms with Crippen LogP contribution in [0.3, 0.4) is 0 Å². The van der Waals surface area contributed by atoms with Crippen LogP contribution in [-0.4, -0.2) is 24.4 Å². The van der Waals surface area contributed by atoms with E-state index in [2.05, 4.69) is 12.1 Å². The van der Waals surface area contributed by atoms with Crippen LogP contribution in [0.4, 0.5) is 0 Å². The van der Waals surface area contributed by atoms with Gasteiger partial charge in [-0.2, -0.15) is 0 Å². The van der Waals surface area contributed by atoms with Crippen LogP contribution in [0.5, 0.6) is 0 Å². The predicted octanol–water partition coefficient (Wildman–Crippen LogP) is 2.60. The minimum absolute atomic E-state index is 0.0281. The molecule has 2 rings (SSSR count). The SMILES string of the molecule is C[C@]1(Cc2ccccc2)OC[C@@H](CCl)O1. The van der Waals surface area contributed by atoms with Crippen LogP contribution in [-0.2, 0) is 15.9 Å². The van der Waals surface area contributed by atoms with Crippen LogP contribution in [0.15, 0.2) is 30.3 Å². The molecule has 3 heteroatoms. The molecule has 2 nitrogen and oxygen atoms in total. The van der Waals surface area contributed by atoms with Gasteiger partial charge in [0.15, 0.2) is 5.79 Å². The van der Waals surface area contributed by atoms with Gasteiger partial charge in [-0.3, -0.25) is 0 Å². The summed E-state index contributed by atoms with van der Waals surface area (Å²) in [5.41, 5.74) is 1.22. The molecule has 1 aliphatic heterocycles. The third-order valence-corrected chi connectivity index (χ3v) is 2.87. The summed E-state index contributed by atoms with van der Waals surface area (Å²) in [6.07, 6.45) is 0.793. The lowest BCUT2D eigenvalue weighted by Gasteiger charge is -2.23. The molecule has 0 aliphatic carbocycles. The molecule has 2 atom stereocenters. The minimum atomic E-state index is -0.513. The van der Waals surface area contributed by atoms with E-state index < -0.39 is 5.79 Å². The Morgan fingerprint density at radius 2 is 2.13 bits per heavy atom. The van der Waals surface area contributed by atoms with Crippen molar-refractivity contribution in [3.8, 4) is 0 Å². The topological polar surface area (TPSA) is 18.5 Å². The Morgan fingerprint density at radius 3 is 2.73 bits per heavy atom. The summed E-state index contributed by atoms with van der Waals surface area (Å²) >= 11 is 5.73. The number of benzene rings is 1. The smallest absolute Gasteiger partial charge is 0.170 e. The summed E-state index contributed by atoms with van der Waals surface area (Å²) in [7, 11) is 0. The molecule has 15 heavy (non-hydrogen) atoms. The van der Waals surface area contributed by atoms with Crippen molar-refractivity contribution in [3.63, 3.8) is 0 Å². The van der Waals surface area contributed by atoms with E-state index in [9.17, 15) is 0 Å². The molecule has 0 spiro atoms. The van der Waals surface area contributed by atoms with E-state index in [1.807, 2.05) is 25.1 Å². The maximum atomic E-state index is 5.75. The number of ether oxygens (including phenoxy) is 2. The summed E-state index contributed by atoms with van der Waals surface area (Å²) in [6.45, 7) is 2.55. The Labute approximate surface area is 95.1 Å². The molecule has 1 aliphatic rings. The first-order chi connectivity index (χ1) is 7.22. The fourth-order valence-corrected chi connectivity index (χ4v) is 1.98. The van der Waals surface area contributed by atoms with Crippen LogP contribution < -0.4 is 0 Å². The van der Waals surface area contributed by atoms with Gasteiger partial charge < -0.3 is 9.47 Å². The van der Waals surface area contributed by atoms with Gasteiger partial charge in [-0.1, -0.05) is 30.3 Å². The molecule has 82 valence electrons. The summed E-state index contributed by atoms with van der Waals surface area (Å²) < 4.78 is 11.4. The number of rotatable bonds is 3. The van der Waals surface area contributed by atoms with E-state index >= 15 is 0 Å². The molecule has 1 fully saturated rings. The highest BCUT2D eigenvalue weighted by Crippen LogP contribution is 2.27. The van der Waals surface area contributed by atoms with Gasteiger partial charge in [0, 0.05) is 6.42 Å². The average molecular weight is 227 g/mol. The number of hydrogen-bond donors (Lipinski definition) is 0. The zero-order valence-corrected chi connectivity index (χ0v) is 9.54. The van der Waals surface area contributed by atoms with E-state index in [0.29, 0.717) is 12.5 Å². The second-order valence-corrected chi connectivity index (χ2v) is 4.31. The van der Waals surface area contributed by atoms with Crippen molar-refractivity contribution in [2.75, 3.05) is 12.5 Å². The minimum Gasteiger partial charge on any atom is -0.347 e. The largest absolute Gasteiger partial charge is 0.347 e. The Hall–Kier alpha value is -0.570. The quantitative estimate of drug-likeness (QED) is 0.738. The van der Waals surface area contributed by atoms with Gasteiger partial charge in [-0.15, -0.1) is 11.6 Å². The van der Waals surface area contributed by atoms with Gasteiger partial charge in [0.1, 0.15) is 0 Å². The van der Waals surface area contributed by atoms with Crippen molar-refractivity contribution >= 4 is 11.6 Å². The predicted molar refractivity (Wildman–Crippen MR) is 60.1 cm³/mol. The third-order valence-electron chi connectivity index (χ3n) is 2.53.